The molecule has 5 atom stereocenters. The van der Waals surface area contributed by atoms with Crippen LogP contribution in [-0.4, -0.2) is 55.6 Å². The molecule has 26 heavy (non-hydrogen) atoms. The van der Waals surface area contributed by atoms with Crippen LogP contribution in [0.25, 0.3) is 4.85 Å². The predicted octanol–water partition coefficient (Wildman–Crippen LogP) is 0.360. The molecule has 0 aliphatic carbocycles. The molecule has 0 aromatic heterocycles. The van der Waals surface area contributed by atoms with Gasteiger partial charge in [0.2, 0.25) is 12.4 Å². The van der Waals surface area contributed by atoms with Crippen molar-refractivity contribution in [1.29, 1.82) is 0 Å². The van der Waals surface area contributed by atoms with Gasteiger partial charge in [-0.25, -0.2) is 9.64 Å². The molecular formula is C16H19NO9. The van der Waals surface area contributed by atoms with Gasteiger partial charge in [-0.15, -0.1) is 0 Å². The summed E-state index contributed by atoms with van der Waals surface area (Å²) in [7, 11) is 1.12. The SMILES string of the molecule is [C-]#[N+]C(=C)C(=O)OC1OC(C(=O)OC)C(C)C(OC(C)=O)C1OC(C)=O. The molecule has 5 unspecified atom stereocenters. The molecule has 1 heterocycles. The molecule has 1 aliphatic rings. The standard InChI is InChI=1S/C16H19NO9/c1-7-11(23-9(3)18)13(24-10(4)19)16(25-12(7)15(21)22-6)26-14(20)8(2)17-5/h7,11-13,16H,2H2,1,3-4,6H3. The molecule has 0 N–H and O–H groups in total. The summed E-state index contributed by atoms with van der Waals surface area (Å²) in [6.45, 7) is 13.7. The van der Waals surface area contributed by atoms with Crippen molar-refractivity contribution in [2.45, 2.75) is 45.4 Å². The molecule has 0 bridgehead atoms. The zero-order valence-electron chi connectivity index (χ0n) is 14.7. The normalized spacial score (nSPS) is 27.4. The van der Waals surface area contributed by atoms with Gasteiger partial charge >= 0.3 is 23.9 Å². The first kappa shape index (κ1) is 21.1. The fraction of sp³-hybridized carbons (Fsp3) is 0.562. The Kier molecular flexibility index (Phi) is 7.28. The molecule has 0 amide bonds. The lowest BCUT2D eigenvalue weighted by atomic mass is 9.90. The van der Waals surface area contributed by atoms with Gasteiger partial charge in [-0.2, -0.15) is 0 Å². The highest BCUT2D eigenvalue weighted by Gasteiger charge is 2.52. The lowest BCUT2D eigenvalue weighted by molar-refractivity contribution is -0.280. The first-order valence-electron chi connectivity index (χ1n) is 7.47. The van der Waals surface area contributed by atoms with E-state index in [2.05, 4.69) is 16.2 Å². The van der Waals surface area contributed by atoms with Crippen molar-refractivity contribution in [2.75, 3.05) is 7.11 Å². The second kappa shape index (κ2) is 8.96. The Hall–Kier alpha value is -2.93. The van der Waals surface area contributed by atoms with Crippen molar-refractivity contribution < 1.29 is 42.9 Å². The molecule has 1 fully saturated rings. The van der Waals surface area contributed by atoms with Crippen molar-refractivity contribution in [1.82, 2.24) is 0 Å². The number of ether oxygens (including phenoxy) is 5. The Morgan fingerprint density at radius 3 is 2.04 bits per heavy atom. The van der Waals surface area contributed by atoms with E-state index in [4.69, 9.17) is 25.5 Å². The van der Waals surface area contributed by atoms with Gasteiger partial charge in [0.25, 0.3) is 5.70 Å². The van der Waals surface area contributed by atoms with E-state index in [0.29, 0.717) is 0 Å². The number of carbonyl (C=O) groups is 4. The zero-order valence-corrected chi connectivity index (χ0v) is 14.7. The zero-order chi connectivity index (χ0) is 20.0. The van der Waals surface area contributed by atoms with Crippen molar-refractivity contribution >= 4 is 23.9 Å². The highest BCUT2D eigenvalue weighted by molar-refractivity contribution is 5.89. The molecule has 0 aromatic carbocycles. The van der Waals surface area contributed by atoms with E-state index in [-0.39, 0.29) is 0 Å². The Morgan fingerprint density at radius 2 is 1.58 bits per heavy atom. The van der Waals surface area contributed by atoms with E-state index in [0.717, 1.165) is 21.0 Å². The first-order chi connectivity index (χ1) is 12.1. The number of hydrogen-bond acceptors (Lipinski definition) is 9. The lowest BCUT2D eigenvalue weighted by Crippen LogP contribution is -2.59. The summed E-state index contributed by atoms with van der Waals surface area (Å²) >= 11 is 0. The van der Waals surface area contributed by atoms with Crippen LogP contribution in [0.5, 0.6) is 0 Å². The van der Waals surface area contributed by atoms with Crippen LogP contribution in [0, 0.1) is 12.5 Å². The maximum atomic E-state index is 12.0. The van der Waals surface area contributed by atoms with Gasteiger partial charge in [-0.3, -0.25) is 14.4 Å². The first-order valence-corrected chi connectivity index (χ1v) is 7.47. The molecule has 1 aliphatic heterocycles. The van der Waals surface area contributed by atoms with Crippen LogP contribution in [0.15, 0.2) is 12.3 Å². The Labute approximate surface area is 149 Å². The molecule has 0 aromatic rings. The fourth-order valence-corrected chi connectivity index (χ4v) is 2.35. The Morgan fingerprint density at radius 1 is 1.04 bits per heavy atom. The molecule has 0 radical (unpaired) electrons. The summed E-state index contributed by atoms with van der Waals surface area (Å²) in [6, 6.07) is 0. The highest BCUT2D eigenvalue weighted by atomic mass is 16.7. The molecule has 142 valence electrons. The third kappa shape index (κ3) is 5.03. The monoisotopic (exact) mass is 369 g/mol. The van der Waals surface area contributed by atoms with Crippen molar-refractivity contribution in [3.05, 3.63) is 23.7 Å². The number of carbonyl (C=O) groups excluding carboxylic acids is 4. The third-order valence-corrected chi connectivity index (χ3v) is 3.50. The number of nitrogens with zero attached hydrogens (tertiary/aromatic N) is 1. The van der Waals surface area contributed by atoms with Crippen LogP contribution in [-0.2, 0) is 42.9 Å². The minimum absolute atomic E-state index is 0.549. The number of esters is 4. The van der Waals surface area contributed by atoms with Gasteiger partial charge in [0.15, 0.2) is 12.2 Å². The molecule has 10 heteroatoms. The van der Waals surface area contributed by atoms with E-state index in [1.807, 2.05) is 0 Å². The highest BCUT2D eigenvalue weighted by Crippen LogP contribution is 2.32. The van der Waals surface area contributed by atoms with E-state index in [1.54, 1.807) is 0 Å². The second-order valence-corrected chi connectivity index (χ2v) is 5.42. The largest absolute Gasteiger partial charge is 0.467 e. The lowest BCUT2D eigenvalue weighted by Gasteiger charge is -2.42. The average Bonchev–Trinajstić information content (AvgIpc) is 2.57. The van der Waals surface area contributed by atoms with Crippen LogP contribution in [0.2, 0.25) is 0 Å². The van der Waals surface area contributed by atoms with Gasteiger partial charge in [0.1, 0.15) is 0 Å². The van der Waals surface area contributed by atoms with Gasteiger partial charge in [0, 0.05) is 19.8 Å². The Bertz CT molecular complexity index is 651. The summed E-state index contributed by atoms with van der Waals surface area (Å²) in [5, 5.41) is 0. The van der Waals surface area contributed by atoms with E-state index in [9.17, 15) is 19.2 Å². The molecular weight excluding hydrogens is 350 g/mol. The van der Waals surface area contributed by atoms with Crippen LogP contribution in [0.3, 0.4) is 0 Å². The van der Waals surface area contributed by atoms with Gasteiger partial charge in [0.05, 0.1) is 13.7 Å². The van der Waals surface area contributed by atoms with Crippen molar-refractivity contribution in [3.63, 3.8) is 0 Å². The number of methoxy groups -OCH3 is 1. The van der Waals surface area contributed by atoms with Crippen LogP contribution < -0.4 is 0 Å². The smallest absolute Gasteiger partial charge is 0.338 e. The number of rotatable bonds is 5. The second-order valence-electron chi connectivity index (χ2n) is 5.42. The minimum Gasteiger partial charge on any atom is -0.467 e. The van der Waals surface area contributed by atoms with E-state index in [1.165, 1.54) is 6.92 Å². The van der Waals surface area contributed by atoms with Crippen LogP contribution in [0.4, 0.5) is 0 Å². The molecule has 1 rings (SSSR count). The Balaban J connectivity index is 3.25. The number of hydrogen-bond donors (Lipinski definition) is 0. The van der Waals surface area contributed by atoms with Crippen molar-refractivity contribution in [2.24, 2.45) is 5.92 Å². The topological polar surface area (TPSA) is 119 Å². The van der Waals surface area contributed by atoms with Gasteiger partial charge in [-0.05, 0) is 0 Å². The van der Waals surface area contributed by atoms with Crippen molar-refractivity contribution in [3.8, 4) is 0 Å². The third-order valence-electron chi connectivity index (χ3n) is 3.50. The molecule has 0 spiro atoms. The summed E-state index contributed by atoms with van der Waals surface area (Å²) in [5.74, 6) is -4.19. The van der Waals surface area contributed by atoms with E-state index >= 15 is 0 Å². The van der Waals surface area contributed by atoms with Crippen LogP contribution in [0.1, 0.15) is 20.8 Å². The predicted molar refractivity (Wildman–Crippen MR) is 82.8 cm³/mol. The fourth-order valence-electron chi connectivity index (χ4n) is 2.35. The summed E-state index contributed by atoms with van der Waals surface area (Å²) in [6.07, 6.45) is -5.40. The molecule has 1 saturated heterocycles. The average molecular weight is 369 g/mol. The molecule has 10 nitrogen and oxygen atoms in total. The van der Waals surface area contributed by atoms with Gasteiger partial charge in [-0.1, -0.05) is 13.5 Å². The summed E-state index contributed by atoms with van der Waals surface area (Å²) in [4.78, 5) is 49.5. The summed E-state index contributed by atoms with van der Waals surface area (Å²) in [5.41, 5.74) is -0.549. The van der Waals surface area contributed by atoms with E-state index < -0.39 is 60.1 Å². The quantitative estimate of drug-likeness (QED) is 0.293. The maximum Gasteiger partial charge on any atom is 0.338 e. The minimum atomic E-state index is -1.62. The maximum absolute atomic E-state index is 12.0. The van der Waals surface area contributed by atoms with Crippen LogP contribution >= 0.6 is 0 Å². The van der Waals surface area contributed by atoms with Gasteiger partial charge < -0.3 is 23.7 Å². The molecule has 0 saturated carbocycles. The summed E-state index contributed by atoms with van der Waals surface area (Å²) < 4.78 is 25.3.